The van der Waals surface area contributed by atoms with E-state index in [0.717, 1.165) is 31.7 Å². The summed E-state index contributed by atoms with van der Waals surface area (Å²) in [4.78, 5) is 23.7. The van der Waals surface area contributed by atoms with Crippen molar-refractivity contribution in [3.8, 4) is 11.5 Å². The molecule has 3 rings (SSSR count). The van der Waals surface area contributed by atoms with Gasteiger partial charge in [-0.25, -0.2) is 9.97 Å². The summed E-state index contributed by atoms with van der Waals surface area (Å²) >= 11 is 0. The van der Waals surface area contributed by atoms with Gasteiger partial charge in [0.1, 0.15) is 17.3 Å². The summed E-state index contributed by atoms with van der Waals surface area (Å²) in [5, 5.41) is 2.86. The number of ether oxygens (including phenoxy) is 2. The molecule has 0 aliphatic carbocycles. The Bertz CT molecular complexity index is 788. The zero-order chi connectivity index (χ0) is 18.5. The molecule has 1 amide bonds. The van der Waals surface area contributed by atoms with Crippen molar-refractivity contribution < 1.29 is 14.3 Å². The number of amides is 1. The number of methoxy groups -OCH3 is 2. The maximum absolute atomic E-state index is 12.7. The quantitative estimate of drug-likeness (QED) is 0.887. The van der Waals surface area contributed by atoms with E-state index in [1.54, 1.807) is 45.4 Å². The SMILES string of the molecule is COc1ccc(NC(=O)c2cc(N3CCCCC3)nc(C)n2)cc1OC. The van der Waals surface area contributed by atoms with Gasteiger partial charge in [0.25, 0.3) is 5.91 Å². The van der Waals surface area contributed by atoms with Crippen molar-refractivity contribution in [2.24, 2.45) is 0 Å². The van der Waals surface area contributed by atoms with Crippen LogP contribution >= 0.6 is 0 Å². The lowest BCUT2D eigenvalue weighted by atomic mass is 10.1. The number of hydrogen-bond donors (Lipinski definition) is 1. The average molecular weight is 356 g/mol. The molecule has 1 aromatic carbocycles. The highest BCUT2D eigenvalue weighted by Crippen LogP contribution is 2.30. The van der Waals surface area contributed by atoms with Gasteiger partial charge in [-0.15, -0.1) is 0 Å². The fraction of sp³-hybridized carbons (Fsp3) is 0.421. The van der Waals surface area contributed by atoms with Crippen LogP contribution in [0.2, 0.25) is 0 Å². The number of hydrogen-bond acceptors (Lipinski definition) is 6. The first kappa shape index (κ1) is 18.0. The molecule has 1 aromatic heterocycles. The van der Waals surface area contributed by atoms with Crippen molar-refractivity contribution in [2.75, 3.05) is 37.5 Å². The minimum Gasteiger partial charge on any atom is -0.493 e. The molecule has 0 bridgehead atoms. The predicted octanol–water partition coefficient (Wildman–Crippen LogP) is 3.04. The molecule has 7 heteroatoms. The molecule has 26 heavy (non-hydrogen) atoms. The monoisotopic (exact) mass is 356 g/mol. The Hall–Kier alpha value is -2.83. The third-order valence-electron chi connectivity index (χ3n) is 4.38. The Morgan fingerprint density at radius 2 is 1.77 bits per heavy atom. The van der Waals surface area contributed by atoms with Gasteiger partial charge in [0.05, 0.1) is 14.2 Å². The van der Waals surface area contributed by atoms with Crippen LogP contribution in [0.15, 0.2) is 24.3 Å². The highest BCUT2D eigenvalue weighted by Gasteiger charge is 2.17. The number of aryl methyl sites for hydroxylation is 1. The lowest BCUT2D eigenvalue weighted by Crippen LogP contribution is -2.31. The van der Waals surface area contributed by atoms with Crippen molar-refractivity contribution >= 4 is 17.4 Å². The molecule has 2 heterocycles. The summed E-state index contributed by atoms with van der Waals surface area (Å²) in [7, 11) is 3.13. The summed E-state index contributed by atoms with van der Waals surface area (Å²) in [6.07, 6.45) is 3.54. The molecule has 138 valence electrons. The van der Waals surface area contributed by atoms with Gasteiger partial charge in [-0.1, -0.05) is 0 Å². The lowest BCUT2D eigenvalue weighted by Gasteiger charge is -2.28. The van der Waals surface area contributed by atoms with Crippen molar-refractivity contribution in [3.05, 3.63) is 35.8 Å². The van der Waals surface area contributed by atoms with Crippen LogP contribution < -0.4 is 19.7 Å². The molecule has 1 N–H and O–H groups in total. The van der Waals surface area contributed by atoms with Gasteiger partial charge in [-0.3, -0.25) is 4.79 Å². The van der Waals surface area contributed by atoms with Gasteiger partial charge in [0, 0.05) is 30.9 Å². The second-order valence-corrected chi connectivity index (χ2v) is 6.23. The molecular formula is C19H24N4O3. The van der Waals surface area contributed by atoms with Crippen LogP contribution in [0, 0.1) is 6.92 Å². The molecule has 0 unspecified atom stereocenters. The zero-order valence-corrected chi connectivity index (χ0v) is 15.4. The fourth-order valence-electron chi connectivity index (χ4n) is 3.06. The first-order chi connectivity index (χ1) is 12.6. The predicted molar refractivity (Wildman–Crippen MR) is 100 cm³/mol. The molecule has 1 fully saturated rings. The number of aromatic nitrogens is 2. The van der Waals surface area contributed by atoms with Crippen LogP contribution in [0.3, 0.4) is 0 Å². The van der Waals surface area contributed by atoms with Crippen LogP contribution in [0.25, 0.3) is 0 Å². The first-order valence-electron chi connectivity index (χ1n) is 8.74. The van der Waals surface area contributed by atoms with Gasteiger partial charge in [0.15, 0.2) is 11.5 Å². The summed E-state index contributed by atoms with van der Waals surface area (Å²) in [6, 6.07) is 6.99. The summed E-state index contributed by atoms with van der Waals surface area (Å²) in [5.74, 6) is 2.29. The summed E-state index contributed by atoms with van der Waals surface area (Å²) in [5.41, 5.74) is 0.969. The number of nitrogens with zero attached hydrogens (tertiary/aromatic N) is 3. The Morgan fingerprint density at radius 1 is 1.04 bits per heavy atom. The van der Waals surface area contributed by atoms with E-state index >= 15 is 0 Å². The van der Waals surface area contributed by atoms with E-state index < -0.39 is 0 Å². The number of carbonyl (C=O) groups is 1. The van der Waals surface area contributed by atoms with Crippen molar-refractivity contribution in [3.63, 3.8) is 0 Å². The van der Waals surface area contributed by atoms with Gasteiger partial charge in [-0.05, 0) is 38.3 Å². The van der Waals surface area contributed by atoms with Crippen LogP contribution in [-0.4, -0.2) is 43.2 Å². The third-order valence-corrected chi connectivity index (χ3v) is 4.38. The molecule has 0 saturated carbocycles. The Morgan fingerprint density at radius 3 is 2.46 bits per heavy atom. The summed E-state index contributed by atoms with van der Waals surface area (Å²) in [6.45, 7) is 3.74. The lowest BCUT2D eigenvalue weighted by molar-refractivity contribution is 0.102. The van der Waals surface area contributed by atoms with Crippen molar-refractivity contribution in [1.29, 1.82) is 0 Å². The van der Waals surface area contributed by atoms with Crippen molar-refractivity contribution in [2.45, 2.75) is 26.2 Å². The zero-order valence-electron chi connectivity index (χ0n) is 15.4. The highest BCUT2D eigenvalue weighted by atomic mass is 16.5. The van der Waals surface area contributed by atoms with Crippen LogP contribution in [-0.2, 0) is 0 Å². The minimum absolute atomic E-state index is 0.277. The molecule has 0 spiro atoms. The van der Waals surface area contributed by atoms with Gasteiger partial charge < -0.3 is 19.7 Å². The third kappa shape index (κ3) is 4.04. The molecule has 0 atom stereocenters. The van der Waals surface area contributed by atoms with Crippen LogP contribution in [0.1, 0.15) is 35.6 Å². The second-order valence-electron chi connectivity index (χ2n) is 6.23. The van der Waals surface area contributed by atoms with E-state index in [1.165, 1.54) is 6.42 Å². The second kappa shape index (κ2) is 8.03. The molecule has 1 aliphatic heterocycles. The number of benzene rings is 1. The molecular weight excluding hydrogens is 332 g/mol. The van der Waals surface area contributed by atoms with E-state index in [0.29, 0.717) is 28.7 Å². The first-order valence-corrected chi connectivity index (χ1v) is 8.74. The van der Waals surface area contributed by atoms with Gasteiger partial charge in [0.2, 0.25) is 0 Å². The standard InChI is InChI=1S/C19H24N4O3/c1-13-20-15(12-18(21-13)23-9-5-4-6-10-23)19(24)22-14-7-8-16(25-2)17(11-14)26-3/h7-8,11-12H,4-6,9-10H2,1-3H3,(H,22,24). The fourth-order valence-corrected chi connectivity index (χ4v) is 3.06. The number of nitrogens with one attached hydrogen (secondary N) is 1. The smallest absolute Gasteiger partial charge is 0.274 e. The van der Waals surface area contributed by atoms with Crippen molar-refractivity contribution in [1.82, 2.24) is 9.97 Å². The van der Waals surface area contributed by atoms with E-state index in [-0.39, 0.29) is 5.91 Å². The number of anilines is 2. The molecule has 1 saturated heterocycles. The van der Waals surface area contributed by atoms with Crippen LogP contribution in [0.5, 0.6) is 11.5 Å². The van der Waals surface area contributed by atoms with E-state index in [9.17, 15) is 4.79 Å². The van der Waals surface area contributed by atoms with E-state index in [1.807, 2.05) is 0 Å². The Kier molecular flexibility index (Phi) is 5.55. The molecule has 1 aliphatic rings. The molecule has 0 radical (unpaired) electrons. The maximum Gasteiger partial charge on any atom is 0.274 e. The average Bonchev–Trinajstić information content (AvgIpc) is 2.68. The summed E-state index contributed by atoms with van der Waals surface area (Å²) < 4.78 is 10.5. The van der Waals surface area contributed by atoms with Gasteiger partial charge in [-0.2, -0.15) is 0 Å². The topological polar surface area (TPSA) is 76.6 Å². The highest BCUT2D eigenvalue weighted by molar-refractivity contribution is 6.03. The van der Waals surface area contributed by atoms with Crippen LogP contribution in [0.4, 0.5) is 11.5 Å². The Labute approximate surface area is 153 Å². The van der Waals surface area contributed by atoms with E-state index in [2.05, 4.69) is 20.2 Å². The normalized spacial score (nSPS) is 14.0. The minimum atomic E-state index is -0.277. The number of rotatable bonds is 5. The molecule has 2 aromatic rings. The molecule has 7 nitrogen and oxygen atoms in total. The van der Waals surface area contributed by atoms with E-state index in [4.69, 9.17) is 9.47 Å². The Balaban J connectivity index is 1.80. The number of carbonyl (C=O) groups excluding carboxylic acids is 1. The van der Waals surface area contributed by atoms with Gasteiger partial charge >= 0.3 is 0 Å². The number of piperidine rings is 1. The largest absolute Gasteiger partial charge is 0.493 e. The maximum atomic E-state index is 12.7.